The Balaban J connectivity index is 2.51. The standard InChI is InChI=1S/C15H25N3O3/c1-5-18-9-12(8-17-18)13(19)14(20)16-10-15(4,21)7-6-11(2)3/h8-9,11,21H,5-7,10H2,1-4H3,(H,16,20). The number of aryl methyl sites for hydroxylation is 1. The topological polar surface area (TPSA) is 84.2 Å². The first-order chi connectivity index (χ1) is 9.75. The largest absolute Gasteiger partial charge is 0.388 e. The Labute approximate surface area is 125 Å². The number of rotatable bonds is 8. The molecule has 6 nitrogen and oxygen atoms in total. The van der Waals surface area contributed by atoms with Gasteiger partial charge in [-0.15, -0.1) is 0 Å². The molecule has 0 aliphatic carbocycles. The SMILES string of the molecule is CCn1cc(C(=O)C(=O)NCC(C)(O)CCC(C)C)cn1. The van der Waals surface area contributed by atoms with E-state index in [2.05, 4.69) is 24.3 Å². The smallest absolute Gasteiger partial charge is 0.292 e. The van der Waals surface area contributed by atoms with Gasteiger partial charge in [0.1, 0.15) is 0 Å². The molecule has 0 saturated heterocycles. The van der Waals surface area contributed by atoms with Crippen molar-refractivity contribution in [1.29, 1.82) is 0 Å². The zero-order chi connectivity index (χ0) is 16.0. The quantitative estimate of drug-likeness (QED) is 0.560. The fraction of sp³-hybridized carbons (Fsp3) is 0.667. The van der Waals surface area contributed by atoms with Crippen molar-refractivity contribution < 1.29 is 14.7 Å². The van der Waals surface area contributed by atoms with Crippen molar-refractivity contribution in [2.24, 2.45) is 5.92 Å². The number of Topliss-reactive ketones (excluding diaryl/α,β-unsaturated/α-hetero) is 1. The minimum atomic E-state index is -1.01. The van der Waals surface area contributed by atoms with Crippen LogP contribution in [0.15, 0.2) is 12.4 Å². The van der Waals surface area contributed by atoms with Crippen LogP contribution in [-0.4, -0.2) is 38.7 Å². The predicted molar refractivity (Wildman–Crippen MR) is 79.9 cm³/mol. The highest BCUT2D eigenvalue weighted by Crippen LogP contribution is 2.15. The molecule has 1 heterocycles. The molecule has 0 aliphatic rings. The molecule has 1 unspecified atom stereocenters. The van der Waals surface area contributed by atoms with Crippen LogP contribution < -0.4 is 5.32 Å². The molecule has 0 saturated carbocycles. The van der Waals surface area contributed by atoms with Crippen LogP contribution in [0.2, 0.25) is 0 Å². The van der Waals surface area contributed by atoms with Crippen LogP contribution in [0.5, 0.6) is 0 Å². The van der Waals surface area contributed by atoms with E-state index in [1.165, 1.54) is 6.20 Å². The van der Waals surface area contributed by atoms with E-state index in [1.54, 1.807) is 17.8 Å². The Morgan fingerprint density at radius 2 is 2.14 bits per heavy atom. The number of hydrogen-bond donors (Lipinski definition) is 2. The molecule has 0 radical (unpaired) electrons. The van der Waals surface area contributed by atoms with Crippen molar-refractivity contribution in [1.82, 2.24) is 15.1 Å². The molecule has 6 heteroatoms. The van der Waals surface area contributed by atoms with Gasteiger partial charge in [-0.2, -0.15) is 5.10 Å². The van der Waals surface area contributed by atoms with Crippen LogP contribution in [-0.2, 0) is 11.3 Å². The van der Waals surface area contributed by atoms with E-state index >= 15 is 0 Å². The van der Waals surface area contributed by atoms with E-state index in [4.69, 9.17) is 0 Å². The number of nitrogens with one attached hydrogen (secondary N) is 1. The van der Waals surface area contributed by atoms with Crippen LogP contribution in [0.3, 0.4) is 0 Å². The van der Waals surface area contributed by atoms with Crippen molar-refractivity contribution in [2.75, 3.05) is 6.54 Å². The summed E-state index contributed by atoms with van der Waals surface area (Å²) in [4.78, 5) is 23.7. The van der Waals surface area contributed by atoms with Gasteiger partial charge in [0.25, 0.3) is 11.7 Å². The second kappa shape index (κ2) is 7.36. The average Bonchev–Trinajstić information content (AvgIpc) is 2.91. The second-order valence-electron chi connectivity index (χ2n) is 6.03. The molecule has 1 aromatic heterocycles. The summed E-state index contributed by atoms with van der Waals surface area (Å²) in [6.07, 6.45) is 4.36. The Morgan fingerprint density at radius 3 is 2.67 bits per heavy atom. The van der Waals surface area contributed by atoms with Gasteiger partial charge in [0.15, 0.2) is 0 Å². The minimum absolute atomic E-state index is 0.0617. The van der Waals surface area contributed by atoms with E-state index in [1.807, 2.05) is 6.92 Å². The first-order valence-electron chi connectivity index (χ1n) is 7.32. The minimum Gasteiger partial charge on any atom is -0.388 e. The monoisotopic (exact) mass is 295 g/mol. The summed E-state index contributed by atoms with van der Waals surface area (Å²) in [7, 11) is 0. The Hall–Kier alpha value is -1.69. The molecule has 1 atom stereocenters. The van der Waals surface area contributed by atoms with E-state index in [9.17, 15) is 14.7 Å². The lowest BCUT2D eigenvalue weighted by molar-refractivity contribution is -0.118. The Kier molecular flexibility index (Phi) is 6.08. The lowest BCUT2D eigenvalue weighted by Gasteiger charge is -2.24. The number of aromatic nitrogens is 2. The molecule has 118 valence electrons. The fourth-order valence-electron chi connectivity index (χ4n) is 1.82. The number of carbonyl (C=O) groups is 2. The van der Waals surface area contributed by atoms with Crippen molar-refractivity contribution in [2.45, 2.75) is 52.7 Å². The van der Waals surface area contributed by atoms with Crippen LogP contribution in [0.25, 0.3) is 0 Å². The lowest BCUT2D eigenvalue weighted by Crippen LogP contribution is -2.43. The molecule has 0 aromatic carbocycles. The molecule has 0 bridgehead atoms. The third kappa shape index (κ3) is 5.67. The van der Waals surface area contributed by atoms with E-state index in [0.29, 0.717) is 18.9 Å². The van der Waals surface area contributed by atoms with Gasteiger partial charge >= 0.3 is 0 Å². The maximum atomic E-state index is 11.9. The summed E-state index contributed by atoms with van der Waals surface area (Å²) >= 11 is 0. The molecule has 0 spiro atoms. The molecule has 21 heavy (non-hydrogen) atoms. The molecular weight excluding hydrogens is 270 g/mol. The second-order valence-corrected chi connectivity index (χ2v) is 6.03. The van der Waals surface area contributed by atoms with Gasteiger partial charge in [0.2, 0.25) is 0 Å². The number of aliphatic hydroxyl groups is 1. The highest BCUT2D eigenvalue weighted by Gasteiger charge is 2.24. The summed E-state index contributed by atoms with van der Waals surface area (Å²) in [5.41, 5.74) is -0.746. The third-order valence-electron chi connectivity index (χ3n) is 3.32. The van der Waals surface area contributed by atoms with Crippen molar-refractivity contribution in [3.8, 4) is 0 Å². The number of amides is 1. The molecule has 0 aliphatic heterocycles. The Bertz CT molecular complexity index is 492. The van der Waals surface area contributed by atoms with E-state index in [0.717, 1.165) is 6.42 Å². The average molecular weight is 295 g/mol. The lowest BCUT2D eigenvalue weighted by atomic mass is 9.95. The van der Waals surface area contributed by atoms with Crippen molar-refractivity contribution in [3.63, 3.8) is 0 Å². The van der Waals surface area contributed by atoms with Crippen LogP contribution in [0, 0.1) is 5.92 Å². The highest BCUT2D eigenvalue weighted by atomic mass is 16.3. The van der Waals surface area contributed by atoms with Gasteiger partial charge in [-0.1, -0.05) is 13.8 Å². The van der Waals surface area contributed by atoms with E-state index < -0.39 is 17.3 Å². The number of nitrogens with zero attached hydrogens (tertiary/aromatic N) is 2. The van der Waals surface area contributed by atoms with Crippen molar-refractivity contribution >= 4 is 11.7 Å². The molecule has 2 N–H and O–H groups in total. The summed E-state index contributed by atoms with van der Waals surface area (Å²) in [5, 5.41) is 16.6. The molecule has 0 fully saturated rings. The van der Waals surface area contributed by atoms with Crippen LogP contribution in [0.1, 0.15) is 50.9 Å². The van der Waals surface area contributed by atoms with Gasteiger partial charge in [0, 0.05) is 19.3 Å². The fourth-order valence-corrected chi connectivity index (χ4v) is 1.82. The number of ketones is 1. The van der Waals surface area contributed by atoms with Gasteiger partial charge in [-0.25, -0.2) is 0 Å². The summed E-state index contributed by atoms with van der Waals surface area (Å²) < 4.78 is 1.58. The summed E-state index contributed by atoms with van der Waals surface area (Å²) in [5.74, 6) is -0.862. The first kappa shape index (κ1) is 17.4. The molecule has 1 amide bonds. The van der Waals surface area contributed by atoms with Gasteiger partial charge < -0.3 is 10.4 Å². The molecular formula is C15H25N3O3. The maximum absolute atomic E-state index is 11.9. The van der Waals surface area contributed by atoms with Gasteiger partial charge in [-0.3, -0.25) is 14.3 Å². The normalized spacial score (nSPS) is 14.0. The summed E-state index contributed by atoms with van der Waals surface area (Å²) in [6.45, 7) is 8.40. The van der Waals surface area contributed by atoms with Crippen molar-refractivity contribution in [3.05, 3.63) is 18.0 Å². The molecule has 1 aromatic rings. The van der Waals surface area contributed by atoms with E-state index in [-0.39, 0.29) is 12.1 Å². The number of carbonyl (C=O) groups excluding carboxylic acids is 2. The predicted octanol–water partition coefficient (Wildman–Crippen LogP) is 1.39. The zero-order valence-corrected chi connectivity index (χ0v) is 13.2. The third-order valence-corrected chi connectivity index (χ3v) is 3.32. The zero-order valence-electron chi connectivity index (χ0n) is 13.2. The first-order valence-corrected chi connectivity index (χ1v) is 7.32. The highest BCUT2D eigenvalue weighted by molar-refractivity contribution is 6.42. The maximum Gasteiger partial charge on any atom is 0.292 e. The van der Waals surface area contributed by atoms with Crippen LogP contribution in [0.4, 0.5) is 0 Å². The van der Waals surface area contributed by atoms with Gasteiger partial charge in [-0.05, 0) is 32.6 Å². The van der Waals surface area contributed by atoms with Crippen LogP contribution >= 0.6 is 0 Å². The Morgan fingerprint density at radius 1 is 1.48 bits per heavy atom. The van der Waals surface area contributed by atoms with Gasteiger partial charge in [0.05, 0.1) is 17.4 Å². The molecule has 1 rings (SSSR count). The number of hydrogen-bond acceptors (Lipinski definition) is 4. The summed E-state index contributed by atoms with van der Waals surface area (Å²) in [6, 6.07) is 0.